The fraction of sp³-hybridized carbons (Fsp3) is 0.368. The first-order valence-electron chi connectivity index (χ1n) is 8.15. The van der Waals surface area contributed by atoms with Crippen molar-refractivity contribution in [2.24, 2.45) is 7.05 Å². The van der Waals surface area contributed by atoms with E-state index in [0.717, 1.165) is 16.8 Å². The number of hydrogen-bond donors (Lipinski definition) is 1. The van der Waals surface area contributed by atoms with Crippen molar-refractivity contribution in [2.45, 2.75) is 32.9 Å². The molecule has 1 aromatic carbocycles. The van der Waals surface area contributed by atoms with E-state index in [-0.39, 0.29) is 18.6 Å². The van der Waals surface area contributed by atoms with Crippen LogP contribution in [0.3, 0.4) is 0 Å². The molecule has 128 valence electrons. The number of carbonyl (C=O) groups is 1. The summed E-state index contributed by atoms with van der Waals surface area (Å²) in [4.78, 5) is 14.5. The highest BCUT2D eigenvalue weighted by Crippen LogP contribution is 2.13. The summed E-state index contributed by atoms with van der Waals surface area (Å²) >= 11 is 0. The van der Waals surface area contributed by atoms with Gasteiger partial charge < -0.3 is 10.0 Å². The maximum Gasteiger partial charge on any atom is 0.247 e. The molecule has 0 aliphatic heterocycles. The Kier molecular flexibility index (Phi) is 6.32. The van der Waals surface area contributed by atoms with Crippen LogP contribution in [-0.2, 0) is 18.4 Å². The van der Waals surface area contributed by atoms with Crippen molar-refractivity contribution in [1.82, 2.24) is 14.7 Å². The van der Waals surface area contributed by atoms with E-state index in [1.165, 1.54) is 0 Å². The first-order chi connectivity index (χ1) is 11.5. The highest BCUT2D eigenvalue weighted by Gasteiger charge is 2.18. The average Bonchev–Trinajstić information content (AvgIpc) is 2.90. The van der Waals surface area contributed by atoms with Crippen molar-refractivity contribution in [3.05, 3.63) is 59.4 Å². The molecule has 0 spiro atoms. The van der Waals surface area contributed by atoms with Crippen LogP contribution in [0.2, 0.25) is 0 Å². The van der Waals surface area contributed by atoms with Gasteiger partial charge in [0.15, 0.2) is 0 Å². The van der Waals surface area contributed by atoms with Crippen molar-refractivity contribution in [1.29, 1.82) is 0 Å². The lowest BCUT2D eigenvalue weighted by molar-refractivity contribution is -0.128. The van der Waals surface area contributed by atoms with Crippen LogP contribution < -0.4 is 0 Å². The summed E-state index contributed by atoms with van der Waals surface area (Å²) in [6.45, 7) is 4.51. The number of nitrogens with zero attached hydrogens (tertiary/aromatic N) is 3. The number of aromatic nitrogens is 2. The van der Waals surface area contributed by atoms with Crippen molar-refractivity contribution in [3.8, 4) is 0 Å². The number of aliphatic hydroxyl groups is 1. The largest absolute Gasteiger partial charge is 0.396 e. The van der Waals surface area contributed by atoms with E-state index < -0.39 is 0 Å². The van der Waals surface area contributed by atoms with E-state index in [1.54, 1.807) is 27.9 Å². The molecule has 1 N–H and O–H groups in total. The topological polar surface area (TPSA) is 58.4 Å². The molecule has 0 aliphatic rings. The van der Waals surface area contributed by atoms with Gasteiger partial charge in [0, 0.05) is 43.6 Å². The molecule has 2 aromatic rings. The minimum Gasteiger partial charge on any atom is -0.396 e. The van der Waals surface area contributed by atoms with Crippen LogP contribution >= 0.6 is 0 Å². The third-order valence-corrected chi connectivity index (χ3v) is 4.24. The number of hydrogen-bond acceptors (Lipinski definition) is 3. The zero-order valence-electron chi connectivity index (χ0n) is 14.5. The number of benzene rings is 1. The van der Waals surface area contributed by atoms with E-state index in [2.05, 4.69) is 5.10 Å². The van der Waals surface area contributed by atoms with E-state index in [0.29, 0.717) is 13.0 Å². The second-order valence-electron chi connectivity index (χ2n) is 5.96. The average molecular weight is 327 g/mol. The van der Waals surface area contributed by atoms with Crippen LogP contribution in [-0.4, -0.2) is 38.3 Å². The van der Waals surface area contributed by atoms with E-state index in [9.17, 15) is 9.90 Å². The van der Waals surface area contributed by atoms with Gasteiger partial charge >= 0.3 is 0 Å². The van der Waals surface area contributed by atoms with Gasteiger partial charge in [-0.1, -0.05) is 30.3 Å². The summed E-state index contributed by atoms with van der Waals surface area (Å²) in [5.74, 6) is -0.0666. The minimum absolute atomic E-state index is 0.0395. The van der Waals surface area contributed by atoms with Crippen LogP contribution in [0, 0.1) is 6.92 Å². The second kappa shape index (κ2) is 8.45. The first kappa shape index (κ1) is 17.9. The zero-order chi connectivity index (χ0) is 17.5. The molecule has 1 amide bonds. The van der Waals surface area contributed by atoms with E-state index >= 15 is 0 Å². The lowest BCUT2D eigenvalue weighted by atomic mass is 10.1. The second-order valence-corrected chi connectivity index (χ2v) is 5.96. The normalized spacial score (nSPS) is 12.5. The summed E-state index contributed by atoms with van der Waals surface area (Å²) < 4.78 is 1.78. The van der Waals surface area contributed by atoms with Crippen LogP contribution in [0.1, 0.15) is 30.2 Å². The van der Waals surface area contributed by atoms with E-state index in [4.69, 9.17) is 0 Å². The van der Waals surface area contributed by atoms with Crippen LogP contribution in [0.5, 0.6) is 0 Å². The first-order valence-corrected chi connectivity index (χ1v) is 8.15. The summed E-state index contributed by atoms with van der Waals surface area (Å²) in [6.07, 6.45) is 5.69. The molecule has 1 unspecified atom stereocenters. The number of aryl methyl sites for hydroxylation is 1. The Balaban J connectivity index is 2.16. The molecule has 0 saturated heterocycles. The molecule has 5 heteroatoms. The third-order valence-electron chi connectivity index (χ3n) is 4.24. The highest BCUT2D eigenvalue weighted by atomic mass is 16.3. The summed E-state index contributed by atoms with van der Waals surface area (Å²) in [5, 5.41) is 13.4. The van der Waals surface area contributed by atoms with Crippen molar-refractivity contribution < 1.29 is 9.90 Å². The highest BCUT2D eigenvalue weighted by molar-refractivity contribution is 5.92. The van der Waals surface area contributed by atoms with Crippen molar-refractivity contribution >= 4 is 12.0 Å². The van der Waals surface area contributed by atoms with Crippen LogP contribution in [0.4, 0.5) is 0 Å². The van der Waals surface area contributed by atoms with Gasteiger partial charge in [0.25, 0.3) is 0 Å². The molecule has 24 heavy (non-hydrogen) atoms. The van der Waals surface area contributed by atoms with E-state index in [1.807, 2.05) is 51.2 Å². The predicted molar refractivity (Wildman–Crippen MR) is 95.1 cm³/mol. The fourth-order valence-electron chi connectivity index (χ4n) is 2.51. The molecule has 2 rings (SSSR count). The molecular formula is C19H25N3O2. The molecule has 0 bridgehead atoms. The Labute approximate surface area is 143 Å². The van der Waals surface area contributed by atoms with Gasteiger partial charge in [0.1, 0.15) is 0 Å². The monoisotopic (exact) mass is 327 g/mol. The number of amides is 1. The minimum atomic E-state index is -0.0666. The lowest BCUT2D eigenvalue weighted by Gasteiger charge is -2.28. The standard InChI is InChI=1S/C19H25N3O2/c1-15(11-12-23)22(14-17-7-5-4-6-8-17)19(24)10-9-18-13-20-21(3)16(18)2/h4-10,13,15,23H,11-12,14H2,1-3H3/b10-9+. The molecule has 1 heterocycles. The number of rotatable bonds is 7. The van der Waals surface area contributed by atoms with Gasteiger partial charge in [-0.3, -0.25) is 9.48 Å². The molecule has 0 aliphatic carbocycles. The Morgan fingerprint density at radius 3 is 2.67 bits per heavy atom. The Morgan fingerprint density at radius 1 is 1.38 bits per heavy atom. The fourth-order valence-corrected chi connectivity index (χ4v) is 2.51. The molecular weight excluding hydrogens is 302 g/mol. The molecule has 0 radical (unpaired) electrons. The lowest BCUT2D eigenvalue weighted by Crippen LogP contribution is -2.37. The quantitative estimate of drug-likeness (QED) is 0.795. The molecule has 0 saturated carbocycles. The van der Waals surface area contributed by atoms with Crippen LogP contribution in [0.25, 0.3) is 6.08 Å². The maximum absolute atomic E-state index is 12.7. The molecule has 5 nitrogen and oxygen atoms in total. The third kappa shape index (κ3) is 4.55. The van der Waals surface area contributed by atoms with Gasteiger partial charge in [-0.15, -0.1) is 0 Å². The van der Waals surface area contributed by atoms with Crippen molar-refractivity contribution in [3.63, 3.8) is 0 Å². The molecule has 1 atom stereocenters. The number of carbonyl (C=O) groups excluding carboxylic acids is 1. The Bertz CT molecular complexity index is 692. The predicted octanol–water partition coefficient (Wildman–Crippen LogP) is 2.54. The van der Waals surface area contributed by atoms with Gasteiger partial charge in [-0.05, 0) is 31.9 Å². The smallest absolute Gasteiger partial charge is 0.247 e. The van der Waals surface area contributed by atoms with Gasteiger partial charge in [-0.2, -0.15) is 5.10 Å². The maximum atomic E-state index is 12.7. The SMILES string of the molecule is Cc1c(/C=C/C(=O)N(Cc2ccccc2)C(C)CCO)cnn1C. The molecule has 0 fully saturated rings. The van der Waals surface area contributed by atoms with Crippen LogP contribution in [0.15, 0.2) is 42.6 Å². The van der Waals surface area contributed by atoms with Crippen molar-refractivity contribution in [2.75, 3.05) is 6.61 Å². The van der Waals surface area contributed by atoms with Gasteiger partial charge in [0.05, 0.1) is 6.20 Å². The zero-order valence-corrected chi connectivity index (χ0v) is 14.5. The number of aliphatic hydroxyl groups excluding tert-OH is 1. The Hall–Kier alpha value is -2.40. The van der Waals surface area contributed by atoms with Gasteiger partial charge in [-0.25, -0.2) is 0 Å². The van der Waals surface area contributed by atoms with Gasteiger partial charge in [0.2, 0.25) is 5.91 Å². The summed E-state index contributed by atoms with van der Waals surface area (Å²) in [6, 6.07) is 9.84. The Morgan fingerprint density at radius 2 is 2.08 bits per heavy atom. The summed E-state index contributed by atoms with van der Waals surface area (Å²) in [5.41, 5.74) is 3.01. The molecule has 1 aromatic heterocycles. The summed E-state index contributed by atoms with van der Waals surface area (Å²) in [7, 11) is 1.87.